The number of aromatic nitrogens is 2. The highest BCUT2D eigenvalue weighted by atomic mass is 15.4. The van der Waals surface area contributed by atoms with Crippen LogP contribution in [-0.4, -0.2) is 9.66 Å². The van der Waals surface area contributed by atoms with Gasteiger partial charge in [0.25, 0.3) is 0 Å². The van der Waals surface area contributed by atoms with Gasteiger partial charge in [0.15, 0.2) is 0 Å². The summed E-state index contributed by atoms with van der Waals surface area (Å²) in [5, 5.41) is 1.21. The molecule has 0 spiro atoms. The quantitative estimate of drug-likeness (QED) is 0.762. The predicted molar refractivity (Wildman–Crippen MR) is 81.8 cm³/mol. The summed E-state index contributed by atoms with van der Waals surface area (Å²) < 4.78 is 2.01. The fraction of sp³-hybridized carbons (Fsp3) is 0.235. The van der Waals surface area contributed by atoms with Crippen molar-refractivity contribution in [1.29, 1.82) is 0 Å². The molecule has 1 aliphatic carbocycles. The largest absolute Gasteiger partial charge is 0.294 e. The van der Waals surface area contributed by atoms with Crippen molar-refractivity contribution in [2.75, 3.05) is 5.43 Å². The zero-order valence-electron chi connectivity index (χ0n) is 11.3. The molecule has 0 saturated carbocycles. The van der Waals surface area contributed by atoms with Crippen LogP contribution in [0.15, 0.2) is 48.8 Å². The second-order valence-electron chi connectivity index (χ2n) is 5.34. The standard InChI is InChI=1S/C17H17N3/c1-3-9-15-13(7-1)17(19-20-11-5-6-12-20)14-8-2-4-10-16(14)18-15/h1,3,5-7,9,11-12H,2,4,8,10H2,(H,18,19). The summed E-state index contributed by atoms with van der Waals surface area (Å²) in [6, 6.07) is 12.5. The number of para-hydroxylation sites is 1. The van der Waals surface area contributed by atoms with Gasteiger partial charge in [-0.3, -0.25) is 15.1 Å². The summed E-state index contributed by atoms with van der Waals surface area (Å²) in [6.45, 7) is 0. The molecule has 3 heteroatoms. The van der Waals surface area contributed by atoms with Gasteiger partial charge in [0.1, 0.15) is 0 Å². The number of pyridine rings is 1. The number of hydrogen-bond donors (Lipinski definition) is 1. The van der Waals surface area contributed by atoms with Gasteiger partial charge in [0.2, 0.25) is 0 Å². The lowest BCUT2D eigenvalue weighted by Gasteiger charge is -2.22. The molecule has 3 aromatic rings. The van der Waals surface area contributed by atoms with Gasteiger partial charge in [-0.2, -0.15) is 0 Å². The lowest BCUT2D eigenvalue weighted by Crippen LogP contribution is -2.14. The van der Waals surface area contributed by atoms with Crippen LogP contribution in [0.1, 0.15) is 24.1 Å². The van der Waals surface area contributed by atoms with E-state index in [0.717, 1.165) is 18.4 Å². The van der Waals surface area contributed by atoms with E-state index in [4.69, 9.17) is 4.98 Å². The first-order chi connectivity index (χ1) is 9.92. The Morgan fingerprint density at radius 3 is 2.65 bits per heavy atom. The summed E-state index contributed by atoms with van der Waals surface area (Å²) in [6.07, 6.45) is 8.79. The summed E-state index contributed by atoms with van der Waals surface area (Å²) in [4.78, 5) is 4.86. The molecule has 20 heavy (non-hydrogen) atoms. The van der Waals surface area contributed by atoms with Crippen LogP contribution < -0.4 is 5.43 Å². The molecule has 0 saturated heterocycles. The predicted octanol–water partition coefficient (Wildman–Crippen LogP) is 3.79. The van der Waals surface area contributed by atoms with Crippen molar-refractivity contribution in [2.24, 2.45) is 0 Å². The van der Waals surface area contributed by atoms with Crippen molar-refractivity contribution in [3.8, 4) is 0 Å². The Balaban J connectivity index is 1.95. The number of nitrogens with one attached hydrogen (secondary N) is 1. The number of hydrogen-bond acceptors (Lipinski definition) is 2. The smallest absolute Gasteiger partial charge is 0.0726 e. The topological polar surface area (TPSA) is 29.9 Å². The molecule has 1 aromatic carbocycles. The van der Waals surface area contributed by atoms with Crippen LogP contribution in [0.25, 0.3) is 10.9 Å². The number of fused-ring (bicyclic) bond motifs is 2. The monoisotopic (exact) mass is 263 g/mol. The van der Waals surface area contributed by atoms with Gasteiger partial charge in [-0.15, -0.1) is 0 Å². The van der Waals surface area contributed by atoms with Gasteiger partial charge in [-0.05, 0) is 49.4 Å². The number of anilines is 1. The van der Waals surface area contributed by atoms with Crippen molar-refractivity contribution in [3.63, 3.8) is 0 Å². The van der Waals surface area contributed by atoms with E-state index in [-0.39, 0.29) is 0 Å². The average molecular weight is 263 g/mol. The summed E-state index contributed by atoms with van der Waals surface area (Å²) in [5.74, 6) is 0. The zero-order valence-corrected chi connectivity index (χ0v) is 11.3. The molecule has 3 nitrogen and oxygen atoms in total. The van der Waals surface area contributed by atoms with Gasteiger partial charge >= 0.3 is 0 Å². The number of aryl methyl sites for hydroxylation is 1. The SMILES string of the molecule is c1ccc2c(Nn3cccc3)c3c(nc2c1)CCCC3. The van der Waals surface area contributed by atoms with Crippen molar-refractivity contribution in [2.45, 2.75) is 25.7 Å². The van der Waals surface area contributed by atoms with Crippen LogP contribution >= 0.6 is 0 Å². The minimum absolute atomic E-state index is 1.09. The first-order valence-electron chi connectivity index (χ1n) is 7.22. The Kier molecular flexibility index (Phi) is 2.69. The van der Waals surface area contributed by atoms with Gasteiger partial charge in [-0.1, -0.05) is 18.2 Å². The van der Waals surface area contributed by atoms with Crippen molar-refractivity contribution in [1.82, 2.24) is 9.66 Å². The van der Waals surface area contributed by atoms with Crippen LogP contribution in [0.2, 0.25) is 0 Å². The molecule has 0 amide bonds. The second-order valence-corrected chi connectivity index (χ2v) is 5.34. The maximum absolute atomic E-state index is 4.86. The first kappa shape index (κ1) is 11.5. The lowest BCUT2D eigenvalue weighted by molar-refractivity contribution is 0.671. The summed E-state index contributed by atoms with van der Waals surface area (Å²) in [7, 11) is 0. The van der Waals surface area contributed by atoms with E-state index in [2.05, 4.69) is 29.7 Å². The Bertz CT molecular complexity index is 744. The molecule has 1 aliphatic rings. The summed E-state index contributed by atoms with van der Waals surface area (Å²) in [5.41, 5.74) is 8.50. The van der Waals surface area contributed by atoms with Crippen LogP contribution in [0.4, 0.5) is 5.69 Å². The molecule has 0 atom stereocenters. The molecular weight excluding hydrogens is 246 g/mol. The van der Waals surface area contributed by atoms with E-state index in [9.17, 15) is 0 Å². The van der Waals surface area contributed by atoms with Gasteiger partial charge in [0, 0.05) is 23.5 Å². The first-order valence-corrected chi connectivity index (χ1v) is 7.22. The van der Waals surface area contributed by atoms with Crippen LogP contribution in [0, 0.1) is 0 Å². The third-order valence-electron chi connectivity index (χ3n) is 4.01. The van der Waals surface area contributed by atoms with Crippen LogP contribution in [0.5, 0.6) is 0 Å². The van der Waals surface area contributed by atoms with Crippen LogP contribution in [-0.2, 0) is 12.8 Å². The molecule has 0 unspecified atom stereocenters. The highest BCUT2D eigenvalue weighted by Crippen LogP contribution is 2.33. The Hall–Kier alpha value is -2.29. The number of nitrogens with zero attached hydrogens (tertiary/aromatic N) is 2. The van der Waals surface area contributed by atoms with E-state index >= 15 is 0 Å². The van der Waals surface area contributed by atoms with Gasteiger partial charge in [0.05, 0.1) is 11.2 Å². The van der Waals surface area contributed by atoms with Gasteiger partial charge < -0.3 is 0 Å². The molecule has 1 N–H and O–H groups in total. The van der Waals surface area contributed by atoms with Crippen molar-refractivity contribution < 1.29 is 0 Å². The van der Waals surface area contributed by atoms with Crippen LogP contribution in [0.3, 0.4) is 0 Å². The Morgan fingerprint density at radius 2 is 1.75 bits per heavy atom. The van der Waals surface area contributed by atoms with Crippen molar-refractivity contribution in [3.05, 3.63) is 60.0 Å². The minimum atomic E-state index is 1.09. The molecule has 0 fully saturated rings. The van der Waals surface area contributed by atoms with E-state index in [0.29, 0.717) is 0 Å². The molecule has 100 valence electrons. The Morgan fingerprint density at radius 1 is 0.950 bits per heavy atom. The highest BCUT2D eigenvalue weighted by molar-refractivity contribution is 5.93. The third-order valence-corrected chi connectivity index (χ3v) is 4.01. The number of benzene rings is 1. The molecule has 2 aromatic heterocycles. The van der Waals surface area contributed by atoms with E-state index in [1.807, 2.05) is 29.2 Å². The molecule has 0 bridgehead atoms. The van der Waals surface area contributed by atoms with E-state index in [1.165, 1.54) is 35.2 Å². The van der Waals surface area contributed by atoms with Gasteiger partial charge in [-0.25, -0.2) is 0 Å². The maximum Gasteiger partial charge on any atom is 0.0726 e. The summed E-state index contributed by atoms with van der Waals surface area (Å²) >= 11 is 0. The third kappa shape index (κ3) is 1.86. The maximum atomic E-state index is 4.86. The second kappa shape index (κ2) is 4.67. The highest BCUT2D eigenvalue weighted by Gasteiger charge is 2.17. The normalized spacial score (nSPS) is 14.2. The fourth-order valence-electron chi connectivity index (χ4n) is 3.04. The Labute approximate surface area is 118 Å². The lowest BCUT2D eigenvalue weighted by atomic mass is 9.93. The zero-order chi connectivity index (χ0) is 13.4. The molecular formula is C17H17N3. The fourth-order valence-corrected chi connectivity index (χ4v) is 3.04. The molecule has 0 aliphatic heterocycles. The number of rotatable bonds is 2. The van der Waals surface area contributed by atoms with Crippen molar-refractivity contribution >= 4 is 16.6 Å². The average Bonchev–Trinajstić information content (AvgIpc) is 3.00. The molecule has 4 rings (SSSR count). The van der Waals surface area contributed by atoms with E-state index in [1.54, 1.807) is 0 Å². The van der Waals surface area contributed by atoms with E-state index < -0.39 is 0 Å². The molecule has 2 heterocycles. The molecule has 0 radical (unpaired) electrons. The minimum Gasteiger partial charge on any atom is -0.294 e.